The Morgan fingerprint density at radius 1 is 1.09 bits per heavy atom. The second kappa shape index (κ2) is 9.98. The fourth-order valence-electron chi connectivity index (χ4n) is 3.41. The first-order valence-electron chi connectivity index (χ1n) is 10.7. The van der Waals surface area contributed by atoms with Gasteiger partial charge in [-0.25, -0.2) is 9.37 Å². The first-order chi connectivity index (χ1) is 17.1. The van der Waals surface area contributed by atoms with Crippen LogP contribution in [0.3, 0.4) is 0 Å². The van der Waals surface area contributed by atoms with E-state index >= 15 is 0 Å². The van der Waals surface area contributed by atoms with Gasteiger partial charge in [-0.1, -0.05) is 36.0 Å². The molecule has 8 nitrogen and oxygen atoms in total. The molecule has 0 fully saturated rings. The first-order valence-corrected chi connectivity index (χ1v) is 11.7. The molecule has 0 spiro atoms. The van der Waals surface area contributed by atoms with Crippen molar-refractivity contribution in [1.29, 1.82) is 0 Å². The Morgan fingerprint density at radius 2 is 1.94 bits per heavy atom. The van der Waals surface area contributed by atoms with E-state index in [1.165, 1.54) is 30.2 Å². The average molecular weight is 490 g/mol. The standard InChI is InChI=1S/C25H20FN5O3S/c1-16-4-2-5-19(12-16)31-23(21-6-3-11-33-21)29-30-25(31)35-15-22-28-20(14-34-22)24(32)27-13-17-7-9-18(26)10-8-17/h2-12,14H,13,15H2,1H3,(H,27,32). The van der Waals surface area contributed by atoms with Crippen molar-refractivity contribution in [2.24, 2.45) is 0 Å². The zero-order chi connectivity index (χ0) is 24.2. The lowest BCUT2D eigenvalue weighted by Gasteiger charge is -2.09. The number of carbonyl (C=O) groups excluding carboxylic acids is 1. The number of furan rings is 1. The van der Waals surface area contributed by atoms with Gasteiger partial charge in [0.25, 0.3) is 5.91 Å². The summed E-state index contributed by atoms with van der Waals surface area (Å²) in [6.07, 6.45) is 2.91. The van der Waals surface area contributed by atoms with Crippen LogP contribution in [-0.2, 0) is 12.3 Å². The molecule has 5 aromatic rings. The molecule has 3 heterocycles. The normalized spacial score (nSPS) is 11.0. The van der Waals surface area contributed by atoms with Gasteiger partial charge in [0, 0.05) is 6.54 Å². The third kappa shape index (κ3) is 5.17. The summed E-state index contributed by atoms with van der Waals surface area (Å²) >= 11 is 1.38. The number of carbonyl (C=O) groups is 1. The molecule has 0 aliphatic carbocycles. The largest absolute Gasteiger partial charge is 0.461 e. The highest BCUT2D eigenvalue weighted by atomic mass is 32.2. The number of aromatic nitrogens is 4. The van der Waals surface area contributed by atoms with Gasteiger partial charge in [0.1, 0.15) is 12.1 Å². The molecule has 35 heavy (non-hydrogen) atoms. The predicted molar refractivity (Wildman–Crippen MR) is 127 cm³/mol. The summed E-state index contributed by atoms with van der Waals surface area (Å²) in [4.78, 5) is 16.7. The Labute approximate surface area is 204 Å². The minimum Gasteiger partial charge on any atom is -0.461 e. The van der Waals surface area contributed by atoms with Crippen LogP contribution in [0.4, 0.5) is 4.39 Å². The molecule has 1 amide bonds. The highest BCUT2D eigenvalue weighted by molar-refractivity contribution is 7.98. The highest BCUT2D eigenvalue weighted by Crippen LogP contribution is 2.30. The second-order valence-corrected chi connectivity index (χ2v) is 8.62. The molecule has 3 aromatic heterocycles. The molecule has 10 heteroatoms. The summed E-state index contributed by atoms with van der Waals surface area (Å²) in [5.41, 5.74) is 2.94. The highest BCUT2D eigenvalue weighted by Gasteiger charge is 2.19. The molecule has 5 rings (SSSR count). The maximum absolute atomic E-state index is 13.0. The summed E-state index contributed by atoms with van der Waals surface area (Å²) in [5, 5.41) is 12.0. The molecule has 0 bridgehead atoms. The minimum absolute atomic E-state index is 0.166. The van der Waals surface area contributed by atoms with E-state index in [9.17, 15) is 9.18 Å². The molecule has 0 atom stereocenters. The number of aryl methyl sites for hydroxylation is 1. The van der Waals surface area contributed by atoms with Crippen LogP contribution in [0, 0.1) is 12.7 Å². The molecule has 0 unspecified atom stereocenters. The maximum Gasteiger partial charge on any atom is 0.273 e. The van der Waals surface area contributed by atoms with Gasteiger partial charge in [-0.3, -0.25) is 9.36 Å². The number of oxazole rings is 1. The number of thioether (sulfide) groups is 1. The number of nitrogens with one attached hydrogen (secondary N) is 1. The predicted octanol–water partition coefficient (Wildman–Crippen LogP) is 5.19. The Hall–Kier alpha value is -4.18. The van der Waals surface area contributed by atoms with E-state index in [2.05, 4.69) is 20.5 Å². The van der Waals surface area contributed by atoms with E-state index in [-0.39, 0.29) is 24.0 Å². The van der Waals surface area contributed by atoms with Crippen molar-refractivity contribution < 1.29 is 18.0 Å². The second-order valence-electron chi connectivity index (χ2n) is 7.68. The molecule has 0 aliphatic heterocycles. The molecule has 176 valence electrons. The number of halogens is 1. The topological polar surface area (TPSA) is 99.0 Å². The fraction of sp³-hybridized carbons (Fsp3) is 0.120. The summed E-state index contributed by atoms with van der Waals surface area (Å²) < 4.78 is 26.0. The molecular weight excluding hydrogens is 469 g/mol. The Kier molecular flexibility index (Phi) is 6.44. The van der Waals surface area contributed by atoms with Crippen LogP contribution in [0.15, 0.2) is 87.2 Å². The summed E-state index contributed by atoms with van der Waals surface area (Å²) in [6, 6.07) is 17.5. The van der Waals surface area contributed by atoms with Crippen molar-refractivity contribution in [2.45, 2.75) is 24.4 Å². The van der Waals surface area contributed by atoms with E-state index in [0.717, 1.165) is 16.8 Å². The third-order valence-corrected chi connectivity index (χ3v) is 6.02. The summed E-state index contributed by atoms with van der Waals surface area (Å²) in [6.45, 7) is 2.27. The van der Waals surface area contributed by atoms with Crippen LogP contribution >= 0.6 is 11.8 Å². The number of nitrogens with zero attached hydrogens (tertiary/aromatic N) is 4. The van der Waals surface area contributed by atoms with Crippen LogP contribution in [0.1, 0.15) is 27.5 Å². The molecule has 0 aliphatic rings. The van der Waals surface area contributed by atoms with Crippen molar-refractivity contribution in [1.82, 2.24) is 25.1 Å². The van der Waals surface area contributed by atoms with Gasteiger partial charge in [0.15, 0.2) is 16.6 Å². The lowest BCUT2D eigenvalue weighted by atomic mass is 10.2. The lowest BCUT2D eigenvalue weighted by molar-refractivity contribution is 0.0946. The van der Waals surface area contributed by atoms with Gasteiger partial charge in [0.05, 0.1) is 17.7 Å². The molecular formula is C25H20FN5O3S. The Morgan fingerprint density at radius 3 is 2.71 bits per heavy atom. The summed E-state index contributed by atoms with van der Waals surface area (Å²) in [7, 11) is 0. The molecule has 2 aromatic carbocycles. The number of amides is 1. The minimum atomic E-state index is -0.377. The fourth-order valence-corrected chi connectivity index (χ4v) is 4.22. The van der Waals surface area contributed by atoms with E-state index in [0.29, 0.717) is 28.4 Å². The Balaban J connectivity index is 1.29. The molecule has 1 N–H and O–H groups in total. The van der Waals surface area contributed by atoms with Crippen molar-refractivity contribution >= 4 is 17.7 Å². The van der Waals surface area contributed by atoms with E-state index in [4.69, 9.17) is 8.83 Å². The number of rotatable bonds is 8. The van der Waals surface area contributed by atoms with Crippen molar-refractivity contribution in [2.75, 3.05) is 0 Å². The zero-order valence-electron chi connectivity index (χ0n) is 18.6. The SMILES string of the molecule is Cc1cccc(-n2c(SCc3nc(C(=O)NCc4ccc(F)cc4)co3)nnc2-c2ccco2)c1. The van der Waals surface area contributed by atoms with Crippen molar-refractivity contribution in [3.63, 3.8) is 0 Å². The lowest BCUT2D eigenvalue weighted by Crippen LogP contribution is -2.23. The quantitative estimate of drug-likeness (QED) is 0.300. The summed E-state index contributed by atoms with van der Waals surface area (Å²) in [5.74, 6) is 1.19. The number of hydrogen-bond acceptors (Lipinski definition) is 7. The molecule has 0 radical (unpaired) electrons. The monoisotopic (exact) mass is 489 g/mol. The van der Waals surface area contributed by atoms with Gasteiger partial charge in [0.2, 0.25) is 11.7 Å². The van der Waals surface area contributed by atoms with E-state index in [1.807, 2.05) is 41.8 Å². The average Bonchev–Trinajstić information content (AvgIpc) is 3.63. The molecule has 0 saturated carbocycles. The maximum atomic E-state index is 13.0. The van der Waals surface area contributed by atoms with Gasteiger partial charge >= 0.3 is 0 Å². The van der Waals surface area contributed by atoms with Crippen LogP contribution < -0.4 is 5.32 Å². The number of benzene rings is 2. The van der Waals surface area contributed by atoms with E-state index < -0.39 is 0 Å². The first kappa shape index (κ1) is 22.6. The Bertz CT molecular complexity index is 1440. The van der Waals surface area contributed by atoms with Crippen LogP contribution in [0.5, 0.6) is 0 Å². The van der Waals surface area contributed by atoms with Crippen LogP contribution in [0.2, 0.25) is 0 Å². The zero-order valence-corrected chi connectivity index (χ0v) is 19.5. The van der Waals surface area contributed by atoms with Gasteiger partial charge in [-0.2, -0.15) is 0 Å². The van der Waals surface area contributed by atoms with Crippen molar-refractivity contribution in [3.8, 4) is 17.3 Å². The molecule has 0 saturated heterocycles. The van der Waals surface area contributed by atoms with Gasteiger partial charge in [-0.15, -0.1) is 10.2 Å². The van der Waals surface area contributed by atoms with E-state index in [1.54, 1.807) is 24.5 Å². The van der Waals surface area contributed by atoms with Gasteiger partial charge in [-0.05, 0) is 54.4 Å². The van der Waals surface area contributed by atoms with Crippen LogP contribution in [-0.4, -0.2) is 25.7 Å². The van der Waals surface area contributed by atoms with Crippen LogP contribution in [0.25, 0.3) is 17.3 Å². The van der Waals surface area contributed by atoms with Gasteiger partial charge < -0.3 is 14.2 Å². The smallest absolute Gasteiger partial charge is 0.273 e. The van der Waals surface area contributed by atoms with Crippen molar-refractivity contribution in [3.05, 3.63) is 102 Å². The number of hydrogen-bond donors (Lipinski definition) is 1. The third-order valence-electron chi connectivity index (χ3n) is 5.11.